The fourth-order valence-corrected chi connectivity index (χ4v) is 3.55. The van der Waals surface area contributed by atoms with Crippen LogP contribution in [0.5, 0.6) is 0 Å². The van der Waals surface area contributed by atoms with Crippen molar-refractivity contribution in [2.75, 3.05) is 6.54 Å². The molecule has 0 heterocycles. The third-order valence-corrected chi connectivity index (χ3v) is 5.35. The molecule has 3 N–H and O–H groups in total. The Morgan fingerprint density at radius 3 is 1.31 bits per heavy atom. The molecule has 0 rings (SSSR count). The van der Waals surface area contributed by atoms with Crippen molar-refractivity contribution < 1.29 is 34.4 Å². The summed E-state index contributed by atoms with van der Waals surface area (Å²) in [6.07, 6.45) is 25.5. The molecule has 3 heteroatoms. The van der Waals surface area contributed by atoms with Gasteiger partial charge >= 0.3 is 0 Å². The van der Waals surface area contributed by atoms with Crippen molar-refractivity contribution in [2.45, 2.75) is 142 Å². The van der Waals surface area contributed by atoms with E-state index in [0.717, 1.165) is 13.0 Å². The molecule has 0 aliphatic heterocycles. The second kappa shape index (κ2) is 25.6. The molecule has 1 unspecified atom stereocenters. The molecular formula is C23H50INO. The Morgan fingerprint density at radius 1 is 0.538 bits per heavy atom. The van der Waals surface area contributed by atoms with Gasteiger partial charge in [-0.25, -0.2) is 0 Å². The van der Waals surface area contributed by atoms with Crippen LogP contribution in [-0.2, 0) is 0 Å². The van der Waals surface area contributed by atoms with Gasteiger partial charge in [-0.2, -0.15) is 0 Å². The lowest BCUT2D eigenvalue weighted by Crippen LogP contribution is -3.00. The number of aliphatic hydroxyl groups excluding tert-OH is 1. The van der Waals surface area contributed by atoms with Crippen LogP contribution in [0.15, 0.2) is 0 Å². The van der Waals surface area contributed by atoms with E-state index in [2.05, 4.69) is 19.2 Å². The molecule has 0 saturated heterocycles. The predicted molar refractivity (Wildman–Crippen MR) is 112 cm³/mol. The normalized spacial score (nSPS) is 12.1. The van der Waals surface area contributed by atoms with Gasteiger partial charge in [0.05, 0.1) is 6.54 Å². The van der Waals surface area contributed by atoms with Crippen molar-refractivity contribution in [2.24, 2.45) is 0 Å². The Kier molecular flexibility index (Phi) is 28.5. The zero-order valence-electron chi connectivity index (χ0n) is 18.1. The van der Waals surface area contributed by atoms with Crippen LogP contribution in [0.4, 0.5) is 0 Å². The number of hydrogen-bond donors (Lipinski definition) is 2. The highest BCUT2D eigenvalue weighted by molar-refractivity contribution is 4.49. The molecule has 1 atom stereocenters. The first kappa shape index (κ1) is 28.9. The van der Waals surface area contributed by atoms with Crippen LogP contribution >= 0.6 is 0 Å². The van der Waals surface area contributed by atoms with E-state index >= 15 is 0 Å². The van der Waals surface area contributed by atoms with Crippen molar-refractivity contribution in [3.63, 3.8) is 0 Å². The lowest BCUT2D eigenvalue weighted by Gasteiger charge is -2.09. The molecule has 0 aliphatic rings. The van der Waals surface area contributed by atoms with E-state index in [1.807, 2.05) is 0 Å². The number of rotatable bonds is 21. The first-order valence-corrected chi connectivity index (χ1v) is 11.8. The molecule has 0 aromatic carbocycles. The molecule has 0 aromatic rings. The molecule has 0 amide bonds. The summed E-state index contributed by atoms with van der Waals surface area (Å²) < 4.78 is 0. The van der Waals surface area contributed by atoms with Gasteiger partial charge in [0.25, 0.3) is 0 Å². The number of hydrogen-bond acceptors (Lipinski definition) is 1. The minimum absolute atomic E-state index is 0. The van der Waals surface area contributed by atoms with Gasteiger partial charge in [0, 0.05) is 6.42 Å². The molecule has 0 fully saturated rings. The molecule has 2 nitrogen and oxygen atoms in total. The lowest BCUT2D eigenvalue weighted by molar-refractivity contribution is -0.725. The summed E-state index contributed by atoms with van der Waals surface area (Å²) in [7, 11) is 0. The van der Waals surface area contributed by atoms with Crippen molar-refractivity contribution in [1.82, 2.24) is 0 Å². The van der Waals surface area contributed by atoms with Crippen molar-refractivity contribution >= 4 is 0 Å². The fraction of sp³-hybridized carbons (Fsp3) is 1.00. The Labute approximate surface area is 182 Å². The summed E-state index contributed by atoms with van der Waals surface area (Å²) in [6.45, 7) is 5.66. The molecule has 160 valence electrons. The summed E-state index contributed by atoms with van der Waals surface area (Å²) in [4.78, 5) is 0. The second-order valence-electron chi connectivity index (χ2n) is 8.04. The van der Waals surface area contributed by atoms with Crippen LogP contribution in [0.2, 0.25) is 0 Å². The van der Waals surface area contributed by atoms with Crippen molar-refractivity contribution in [3.05, 3.63) is 0 Å². The smallest absolute Gasteiger partial charge is 0.187 e. The maximum absolute atomic E-state index is 10.00. The molecule has 0 saturated carbocycles. The standard InChI is InChI=1S/C23H49NO.HI/c1-3-5-7-9-11-12-13-14-16-18-20-22-24-23(25)21-19-17-15-10-8-6-4-2;/h23-25H,3-22H2,1-2H3;1H. The van der Waals surface area contributed by atoms with Gasteiger partial charge in [0.15, 0.2) is 6.23 Å². The van der Waals surface area contributed by atoms with Crippen LogP contribution in [0, 0.1) is 0 Å². The topological polar surface area (TPSA) is 36.8 Å². The highest BCUT2D eigenvalue weighted by Gasteiger charge is 2.05. The van der Waals surface area contributed by atoms with Crippen LogP contribution in [0.3, 0.4) is 0 Å². The van der Waals surface area contributed by atoms with E-state index in [0.29, 0.717) is 0 Å². The molecule has 0 radical (unpaired) electrons. The summed E-state index contributed by atoms with van der Waals surface area (Å²) in [5.41, 5.74) is 0. The Hall–Kier alpha value is 0.650. The zero-order chi connectivity index (χ0) is 18.4. The van der Waals surface area contributed by atoms with E-state index < -0.39 is 0 Å². The molecule has 0 bridgehead atoms. The van der Waals surface area contributed by atoms with E-state index in [-0.39, 0.29) is 30.2 Å². The van der Waals surface area contributed by atoms with Gasteiger partial charge < -0.3 is 34.4 Å². The summed E-state index contributed by atoms with van der Waals surface area (Å²) in [6, 6.07) is 0. The van der Waals surface area contributed by atoms with Crippen molar-refractivity contribution in [3.8, 4) is 0 Å². The van der Waals surface area contributed by atoms with Gasteiger partial charge in [-0.15, -0.1) is 0 Å². The number of halogens is 1. The van der Waals surface area contributed by atoms with E-state index in [4.69, 9.17) is 0 Å². The van der Waals surface area contributed by atoms with Gasteiger partial charge in [-0.05, 0) is 19.3 Å². The first-order valence-electron chi connectivity index (χ1n) is 11.8. The molecule has 0 aromatic heterocycles. The van der Waals surface area contributed by atoms with Crippen LogP contribution in [0.25, 0.3) is 0 Å². The number of unbranched alkanes of at least 4 members (excludes halogenated alkanes) is 16. The molecule has 0 spiro atoms. The summed E-state index contributed by atoms with van der Waals surface area (Å²) in [5, 5.41) is 12.2. The Morgan fingerprint density at radius 2 is 0.885 bits per heavy atom. The van der Waals surface area contributed by atoms with Crippen molar-refractivity contribution in [1.29, 1.82) is 0 Å². The Bertz CT molecular complexity index is 238. The second-order valence-corrected chi connectivity index (χ2v) is 8.04. The molecule has 0 aliphatic carbocycles. The third-order valence-electron chi connectivity index (χ3n) is 5.35. The van der Waals surface area contributed by atoms with E-state index in [9.17, 15) is 5.11 Å². The molecule has 26 heavy (non-hydrogen) atoms. The van der Waals surface area contributed by atoms with Gasteiger partial charge in [0.1, 0.15) is 0 Å². The van der Waals surface area contributed by atoms with Crippen LogP contribution in [0.1, 0.15) is 136 Å². The lowest BCUT2D eigenvalue weighted by atomic mass is 10.1. The highest BCUT2D eigenvalue weighted by Crippen LogP contribution is 2.11. The highest BCUT2D eigenvalue weighted by atomic mass is 127. The monoisotopic (exact) mass is 483 g/mol. The Balaban J connectivity index is 0. The van der Waals surface area contributed by atoms with E-state index in [1.165, 1.54) is 116 Å². The SMILES string of the molecule is CCCCCCCCCCCCC[NH2+]C(O)CCCCCCCCC.[I-]. The average molecular weight is 484 g/mol. The minimum Gasteiger partial charge on any atom is -1.00 e. The van der Waals surface area contributed by atoms with Gasteiger partial charge in [-0.3, -0.25) is 0 Å². The van der Waals surface area contributed by atoms with Crippen LogP contribution in [-0.4, -0.2) is 17.9 Å². The zero-order valence-corrected chi connectivity index (χ0v) is 20.3. The maximum atomic E-state index is 10.00. The molecular weight excluding hydrogens is 433 g/mol. The van der Waals surface area contributed by atoms with Gasteiger partial charge in [-0.1, -0.05) is 110 Å². The number of aliphatic hydroxyl groups is 1. The summed E-state index contributed by atoms with van der Waals surface area (Å²) in [5.74, 6) is 0. The van der Waals surface area contributed by atoms with Gasteiger partial charge in [0.2, 0.25) is 0 Å². The number of nitrogens with two attached hydrogens (primary N) is 1. The predicted octanol–water partition coefficient (Wildman–Crippen LogP) is 3.32. The first-order chi connectivity index (χ1) is 12.3. The minimum atomic E-state index is -0.154. The third kappa shape index (κ3) is 24.7. The van der Waals surface area contributed by atoms with Crippen LogP contribution < -0.4 is 29.3 Å². The largest absolute Gasteiger partial charge is 1.00 e. The maximum Gasteiger partial charge on any atom is 0.187 e. The van der Waals surface area contributed by atoms with E-state index in [1.54, 1.807) is 0 Å². The summed E-state index contributed by atoms with van der Waals surface area (Å²) >= 11 is 0. The number of quaternary nitrogens is 1. The average Bonchev–Trinajstić information content (AvgIpc) is 2.62. The quantitative estimate of drug-likeness (QED) is 0.147. The fourth-order valence-electron chi connectivity index (χ4n) is 3.55.